The molecule has 1 atom stereocenters. The molecule has 1 heterocycles. The highest BCUT2D eigenvalue weighted by atomic mass is 32.2. The van der Waals surface area contributed by atoms with Gasteiger partial charge in [-0.1, -0.05) is 36.0 Å². The molecule has 0 fully saturated rings. The number of fused-ring (bicyclic) bond motifs is 1. The Morgan fingerprint density at radius 3 is 2.79 bits per heavy atom. The molecule has 0 aliphatic rings. The first-order valence-electron chi connectivity index (χ1n) is 7.81. The highest BCUT2D eigenvalue weighted by Crippen LogP contribution is 2.27. The van der Waals surface area contributed by atoms with Crippen molar-refractivity contribution >= 4 is 34.4 Å². The summed E-state index contributed by atoms with van der Waals surface area (Å²) >= 11 is 1.40. The van der Waals surface area contributed by atoms with Gasteiger partial charge >= 0.3 is 0 Å². The molecule has 124 valence electrons. The third kappa shape index (κ3) is 3.71. The quantitative estimate of drug-likeness (QED) is 0.663. The standard InChI is InChI=1S/C18H19N3O2S/c1-3-23-16-11-7-6-10-15(16)19-17(22)12(2)24-18-20-13-8-4-5-9-14(13)21-18/h4-12H,3H2,1-2H3,(H,19,22)(H,20,21)/t12-/m1/s1. The maximum absolute atomic E-state index is 12.5. The van der Waals surface area contributed by atoms with Crippen molar-refractivity contribution in [2.24, 2.45) is 0 Å². The SMILES string of the molecule is CCOc1ccccc1NC(=O)[C@@H](C)Sc1nc2ccccc2[nH]1. The molecule has 1 amide bonds. The van der Waals surface area contributed by atoms with E-state index < -0.39 is 0 Å². The Kier molecular flexibility index (Phi) is 5.05. The van der Waals surface area contributed by atoms with Crippen LogP contribution in [0.3, 0.4) is 0 Å². The van der Waals surface area contributed by atoms with Crippen LogP contribution in [0.1, 0.15) is 13.8 Å². The van der Waals surface area contributed by atoms with Crippen molar-refractivity contribution < 1.29 is 9.53 Å². The molecule has 6 heteroatoms. The van der Waals surface area contributed by atoms with Gasteiger partial charge in [0.05, 0.1) is 28.6 Å². The molecule has 0 unspecified atom stereocenters. The second-order valence-electron chi connectivity index (χ2n) is 5.24. The lowest BCUT2D eigenvalue weighted by atomic mass is 10.3. The van der Waals surface area contributed by atoms with Crippen LogP contribution in [0, 0.1) is 0 Å². The lowest BCUT2D eigenvalue weighted by Gasteiger charge is -2.14. The van der Waals surface area contributed by atoms with E-state index in [0.717, 1.165) is 16.2 Å². The van der Waals surface area contributed by atoms with Crippen LogP contribution in [0.15, 0.2) is 53.7 Å². The van der Waals surface area contributed by atoms with Gasteiger partial charge in [-0.2, -0.15) is 0 Å². The molecule has 0 spiro atoms. The Balaban J connectivity index is 1.68. The zero-order chi connectivity index (χ0) is 16.9. The first-order chi connectivity index (χ1) is 11.7. The van der Waals surface area contributed by atoms with Crippen molar-refractivity contribution in [2.75, 3.05) is 11.9 Å². The minimum atomic E-state index is -0.291. The van der Waals surface area contributed by atoms with Crippen molar-refractivity contribution in [3.05, 3.63) is 48.5 Å². The van der Waals surface area contributed by atoms with Crippen molar-refractivity contribution in [3.63, 3.8) is 0 Å². The van der Waals surface area contributed by atoms with Crippen LogP contribution < -0.4 is 10.1 Å². The van der Waals surface area contributed by atoms with Crippen LogP contribution in [-0.2, 0) is 4.79 Å². The predicted octanol–water partition coefficient (Wildman–Crippen LogP) is 4.08. The Bertz CT molecular complexity index is 814. The summed E-state index contributed by atoms with van der Waals surface area (Å²) in [5.41, 5.74) is 2.55. The number of anilines is 1. The largest absolute Gasteiger partial charge is 0.492 e. The van der Waals surface area contributed by atoms with Gasteiger partial charge in [-0.25, -0.2) is 4.98 Å². The van der Waals surface area contributed by atoms with E-state index in [1.54, 1.807) is 0 Å². The van der Waals surface area contributed by atoms with Crippen molar-refractivity contribution in [1.82, 2.24) is 9.97 Å². The zero-order valence-corrected chi connectivity index (χ0v) is 14.4. The summed E-state index contributed by atoms with van der Waals surface area (Å²) in [5, 5.41) is 3.36. The van der Waals surface area contributed by atoms with Crippen molar-refractivity contribution in [1.29, 1.82) is 0 Å². The summed E-state index contributed by atoms with van der Waals surface area (Å²) in [5.74, 6) is 0.585. The number of nitrogens with zero attached hydrogens (tertiary/aromatic N) is 1. The predicted molar refractivity (Wildman–Crippen MR) is 97.7 cm³/mol. The summed E-state index contributed by atoms with van der Waals surface area (Å²) in [4.78, 5) is 20.2. The molecular weight excluding hydrogens is 322 g/mol. The van der Waals surface area contributed by atoms with E-state index in [2.05, 4.69) is 15.3 Å². The van der Waals surface area contributed by atoms with Crippen molar-refractivity contribution in [3.8, 4) is 5.75 Å². The van der Waals surface area contributed by atoms with E-state index in [0.29, 0.717) is 18.0 Å². The number of aromatic nitrogens is 2. The number of H-pyrrole nitrogens is 1. The number of carbonyl (C=O) groups is 1. The van der Waals surface area contributed by atoms with Crippen LogP contribution in [-0.4, -0.2) is 27.7 Å². The molecule has 0 bridgehead atoms. The van der Waals surface area contributed by atoms with Gasteiger partial charge in [-0.15, -0.1) is 0 Å². The Morgan fingerprint density at radius 2 is 2.00 bits per heavy atom. The van der Waals surface area contributed by atoms with Gasteiger partial charge in [-0.3, -0.25) is 4.79 Å². The molecule has 3 rings (SSSR count). The molecule has 0 aliphatic heterocycles. The zero-order valence-electron chi connectivity index (χ0n) is 13.6. The first-order valence-corrected chi connectivity index (χ1v) is 8.69. The van der Waals surface area contributed by atoms with Crippen molar-refractivity contribution in [2.45, 2.75) is 24.3 Å². The summed E-state index contributed by atoms with van der Waals surface area (Å²) in [6.45, 7) is 4.32. The minimum Gasteiger partial charge on any atom is -0.492 e. The third-order valence-corrected chi connectivity index (χ3v) is 4.45. The second kappa shape index (κ2) is 7.40. The topological polar surface area (TPSA) is 67.0 Å². The normalized spacial score (nSPS) is 12.1. The summed E-state index contributed by atoms with van der Waals surface area (Å²) in [6.07, 6.45) is 0. The van der Waals surface area contributed by atoms with E-state index in [1.165, 1.54) is 11.8 Å². The third-order valence-electron chi connectivity index (χ3n) is 3.47. The fourth-order valence-electron chi connectivity index (χ4n) is 2.29. The number of para-hydroxylation sites is 4. The molecule has 1 aromatic heterocycles. The molecule has 24 heavy (non-hydrogen) atoms. The fourth-order valence-corrected chi connectivity index (χ4v) is 3.11. The highest BCUT2D eigenvalue weighted by Gasteiger charge is 2.18. The van der Waals surface area contributed by atoms with Crippen LogP contribution in [0.5, 0.6) is 5.75 Å². The van der Waals surface area contributed by atoms with E-state index in [9.17, 15) is 4.79 Å². The molecule has 0 aliphatic carbocycles. The Morgan fingerprint density at radius 1 is 1.25 bits per heavy atom. The maximum Gasteiger partial charge on any atom is 0.237 e. The van der Waals surface area contributed by atoms with Crippen LogP contribution in [0.25, 0.3) is 11.0 Å². The molecule has 5 nitrogen and oxygen atoms in total. The minimum absolute atomic E-state index is 0.0902. The van der Waals surface area contributed by atoms with Gasteiger partial charge in [0, 0.05) is 0 Å². The van der Waals surface area contributed by atoms with E-state index >= 15 is 0 Å². The van der Waals surface area contributed by atoms with E-state index in [4.69, 9.17) is 4.74 Å². The van der Waals surface area contributed by atoms with Gasteiger partial charge < -0.3 is 15.0 Å². The smallest absolute Gasteiger partial charge is 0.237 e. The number of nitrogens with one attached hydrogen (secondary N) is 2. The van der Waals surface area contributed by atoms with Gasteiger partial charge in [0.25, 0.3) is 0 Å². The number of amides is 1. The number of imidazole rings is 1. The monoisotopic (exact) mass is 341 g/mol. The average Bonchev–Trinajstić information content (AvgIpc) is 2.99. The number of benzene rings is 2. The molecule has 2 aromatic carbocycles. The van der Waals surface area contributed by atoms with Gasteiger partial charge in [0.2, 0.25) is 5.91 Å². The molecule has 0 saturated heterocycles. The van der Waals surface area contributed by atoms with Crippen LogP contribution in [0.2, 0.25) is 0 Å². The van der Waals surface area contributed by atoms with Gasteiger partial charge in [0.15, 0.2) is 5.16 Å². The number of hydrogen-bond donors (Lipinski definition) is 2. The fraction of sp³-hybridized carbons (Fsp3) is 0.222. The summed E-state index contributed by atoms with van der Waals surface area (Å²) in [6, 6.07) is 15.2. The van der Waals surface area contributed by atoms with E-state index in [1.807, 2.05) is 62.4 Å². The number of ether oxygens (including phenoxy) is 1. The molecule has 0 saturated carbocycles. The number of hydrogen-bond acceptors (Lipinski definition) is 4. The Hall–Kier alpha value is -2.47. The maximum atomic E-state index is 12.5. The Labute approximate surface area is 144 Å². The van der Waals surface area contributed by atoms with Gasteiger partial charge in [0.1, 0.15) is 5.75 Å². The summed E-state index contributed by atoms with van der Waals surface area (Å²) in [7, 11) is 0. The molecule has 0 radical (unpaired) electrons. The highest BCUT2D eigenvalue weighted by molar-refractivity contribution is 8.00. The van der Waals surface area contributed by atoms with Crippen LogP contribution >= 0.6 is 11.8 Å². The number of aromatic amines is 1. The number of carbonyl (C=O) groups excluding carboxylic acids is 1. The lowest BCUT2D eigenvalue weighted by Crippen LogP contribution is -2.22. The lowest BCUT2D eigenvalue weighted by molar-refractivity contribution is -0.115. The van der Waals surface area contributed by atoms with E-state index in [-0.39, 0.29) is 11.2 Å². The summed E-state index contributed by atoms with van der Waals surface area (Å²) < 4.78 is 5.54. The van der Waals surface area contributed by atoms with Crippen LogP contribution in [0.4, 0.5) is 5.69 Å². The average molecular weight is 341 g/mol. The number of rotatable bonds is 6. The molecule has 3 aromatic rings. The first kappa shape index (κ1) is 16.4. The number of thioether (sulfide) groups is 1. The second-order valence-corrected chi connectivity index (χ2v) is 6.57. The molecule has 2 N–H and O–H groups in total. The van der Waals surface area contributed by atoms with Gasteiger partial charge in [-0.05, 0) is 38.1 Å². The molecular formula is C18H19N3O2S.